The minimum atomic E-state index is -1.07. The normalized spacial score (nSPS) is 17.9. The lowest BCUT2D eigenvalue weighted by Crippen LogP contribution is -2.58. The van der Waals surface area contributed by atoms with E-state index >= 15 is 0 Å². The highest BCUT2D eigenvalue weighted by molar-refractivity contribution is 9.10. The Morgan fingerprint density at radius 3 is 2.52 bits per heavy atom. The number of amides is 2. The Labute approximate surface area is 162 Å². The molecule has 1 heterocycles. The van der Waals surface area contributed by atoms with Crippen LogP contribution in [0.5, 0.6) is 0 Å². The molecule has 2 aromatic carbocycles. The molecule has 0 aromatic heterocycles. The van der Waals surface area contributed by atoms with Gasteiger partial charge in [0.2, 0.25) is 5.91 Å². The molecule has 5 nitrogen and oxygen atoms in total. The second-order valence-electron chi connectivity index (χ2n) is 5.15. The van der Waals surface area contributed by atoms with Crippen molar-refractivity contribution in [2.24, 2.45) is 10.9 Å². The van der Waals surface area contributed by atoms with Gasteiger partial charge in [-0.3, -0.25) is 19.5 Å². The summed E-state index contributed by atoms with van der Waals surface area (Å²) >= 11 is 14.4. The number of nitrogens with zero attached hydrogens (tertiary/aromatic N) is 2. The van der Waals surface area contributed by atoms with Crippen molar-refractivity contribution in [2.75, 3.05) is 4.90 Å². The van der Waals surface area contributed by atoms with Crippen molar-refractivity contribution >= 4 is 74.3 Å². The van der Waals surface area contributed by atoms with Crippen LogP contribution in [0.15, 0.2) is 58.0 Å². The first-order chi connectivity index (χ1) is 12.0. The molecule has 1 aliphatic rings. The van der Waals surface area contributed by atoms with E-state index in [-0.39, 0.29) is 5.11 Å². The van der Waals surface area contributed by atoms with E-state index in [0.717, 1.165) is 4.47 Å². The molecule has 0 unspecified atom stereocenters. The third kappa shape index (κ3) is 3.78. The number of halogens is 2. The molecule has 1 saturated heterocycles. The molecule has 1 aliphatic heterocycles. The minimum Gasteiger partial charge on any atom is -0.301 e. The number of nitrogens with one attached hydrogen (secondary N) is 1. The van der Waals surface area contributed by atoms with E-state index in [1.807, 2.05) is 18.2 Å². The fourth-order valence-electron chi connectivity index (χ4n) is 2.27. The monoisotopic (exact) mass is 435 g/mol. The number of rotatable bonds is 3. The number of hydrogen-bond donors (Lipinski definition) is 1. The van der Waals surface area contributed by atoms with Crippen LogP contribution >= 0.6 is 39.7 Å². The summed E-state index contributed by atoms with van der Waals surface area (Å²) in [5.41, 5.74) is 1.15. The molecule has 0 saturated carbocycles. The quantitative estimate of drug-likeness (QED) is 0.451. The summed E-state index contributed by atoms with van der Waals surface area (Å²) in [5, 5.41) is 3.10. The highest BCUT2D eigenvalue weighted by atomic mass is 79.9. The molecule has 8 heteroatoms. The fraction of sp³-hybridized carbons (Fsp3) is 0.0588. The van der Waals surface area contributed by atoms with Crippen LogP contribution in [0.1, 0.15) is 0 Å². The van der Waals surface area contributed by atoms with E-state index in [1.54, 1.807) is 30.3 Å². The smallest absolute Gasteiger partial charge is 0.251 e. The third-order valence-corrected chi connectivity index (χ3v) is 4.71. The maximum Gasteiger partial charge on any atom is 0.251 e. The molecule has 1 N–H and O–H groups in total. The Kier molecular flexibility index (Phi) is 5.27. The van der Waals surface area contributed by atoms with Crippen LogP contribution in [0.3, 0.4) is 0 Å². The number of hydrogen-bond acceptors (Lipinski definition) is 4. The van der Waals surface area contributed by atoms with Gasteiger partial charge in [-0.2, -0.15) is 0 Å². The minimum absolute atomic E-state index is 0.0304. The van der Waals surface area contributed by atoms with Crippen molar-refractivity contribution in [3.63, 3.8) is 0 Å². The first kappa shape index (κ1) is 17.7. The third-order valence-electron chi connectivity index (χ3n) is 3.50. The Morgan fingerprint density at radius 2 is 1.84 bits per heavy atom. The van der Waals surface area contributed by atoms with Gasteiger partial charge in [0.05, 0.1) is 11.4 Å². The topological polar surface area (TPSA) is 61.8 Å². The van der Waals surface area contributed by atoms with Crippen molar-refractivity contribution in [1.82, 2.24) is 5.32 Å². The summed E-state index contributed by atoms with van der Waals surface area (Å²) < 4.78 is 0.764. The summed E-state index contributed by atoms with van der Waals surface area (Å²) in [4.78, 5) is 30.5. The molecule has 2 aromatic rings. The summed E-state index contributed by atoms with van der Waals surface area (Å²) in [6.45, 7) is 0. The van der Waals surface area contributed by atoms with Gasteiger partial charge >= 0.3 is 0 Å². The molecule has 1 atom stereocenters. The number of carbonyl (C=O) groups is 2. The van der Waals surface area contributed by atoms with Crippen LogP contribution in [0, 0.1) is 5.92 Å². The van der Waals surface area contributed by atoms with Gasteiger partial charge in [-0.15, -0.1) is 0 Å². The Morgan fingerprint density at radius 1 is 1.16 bits per heavy atom. The Hall–Kier alpha value is -2.09. The standard InChI is InChI=1S/C17H11BrClN3O2S/c18-13-3-1-2-4-14(13)20-9-12-15(23)21-17(25)22(16(12)24)11-7-5-10(19)6-8-11/h1-9,12H,(H,21,23,25)/t12-/m0/s1. The first-order valence-electron chi connectivity index (χ1n) is 7.20. The maximum atomic E-state index is 12.8. The SMILES string of the molecule is O=C1NC(=S)N(c2ccc(Cl)cc2)C(=O)[C@H]1C=Nc1ccccc1Br. The molecular weight excluding hydrogens is 426 g/mol. The average Bonchev–Trinajstić information content (AvgIpc) is 2.57. The predicted octanol–water partition coefficient (Wildman–Crippen LogP) is 3.87. The number of benzene rings is 2. The summed E-state index contributed by atoms with van der Waals surface area (Å²) in [6.07, 6.45) is 1.32. The summed E-state index contributed by atoms with van der Waals surface area (Å²) in [7, 11) is 0. The first-order valence-corrected chi connectivity index (χ1v) is 8.78. The predicted molar refractivity (Wildman–Crippen MR) is 105 cm³/mol. The van der Waals surface area contributed by atoms with Crippen molar-refractivity contribution in [1.29, 1.82) is 0 Å². The van der Waals surface area contributed by atoms with E-state index < -0.39 is 17.7 Å². The number of aliphatic imine (C=N–C) groups is 1. The van der Waals surface area contributed by atoms with E-state index in [0.29, 0.717) is 16.4 Å². The number of anilines is 1. The van der Waals surface area contributed by atoms with Gasteiger partial charge in [0.15, 0.2) is 11.0 Å². The van der Waals surface area contributed by atoms with Gasteiger partial charge in [-0.1, -0.05) is 23.7 Å². The van der Waals surface area contributed by atoms with Gasteiger partial charge in [0, 0.05) is 15.7 Å². The molecule has 1 fully saturated rings. The molecule has 0 radical (unpaired) electrons. The van der Waals surface area contributed by atoms with E-state index in [2.05, 4.69) is 26.2 Å². The van der Waals surface area contributed by atoms with Gasteiger partial charge in [-0.05, 0) is 64.5 Å². The van der Waals surface area contributed by atoms with Crippen LogP contribution in [0.2, 0.25) is 5.02 Å². The molecule has 126 valence electrons. The second-order valence-corrected chi connectivity index (χ2v) is 6.83. The van der Waals surface area contributed by atoms with Gasteiger partial charge in [0.25, 0.3) is 5.91 Å². The number of carbonyl (C=O) groups excluding carboxylic acids is 2. The van der Waals surface area contributed by atoms with Crippen molar-refractivity contribution in [3.05, 3.63) is 58.0 Å². The average molecular weight is 437 g/mol. The Bertz CT molecular complexity index is 886. The second kappa shape index (κ2) is 7.43. The molecule has 0 spiro atoms. The highest BCUT2D eigenvalue weighted by Gasteiger charge is 2.38. The highest BCUT2D eigenvalue weighted by Crippen LogP contribution is 2.26. The summed E-state index contributed by atoms with van der Waals surface area (Å²) in [5.74, 6) is -2.04. The van der Waals surface area contributed by atoms with Crippen molar-refractivity contribution in [2.45, 2.75) is 0 Å². The van der Waals surface area contributed by atoms with E-state index in [4.69, 9.17) is 23.8 Å². The molecule has 25 heavy (non-hydrogen) atoms. The largest absolute Gasteiger partial charge is 0.301 e. The Balaban J connectivity index is 1.90. The van der Waals surface area contributed by atoms with Gasteiger partial charge in [0.1, 0.15) is 0 Å². The summed E-state index contributed by atoms with van der Waals surface area (Å²) in [6, 6.07) is 13.9. The number of para-hydroxylation sites is 1. The van der Waals surface area contributed by atoms with E-state index in [9.17, 15) is 9.59 Å². The van der Waals surface area contributed by atoms with Crippen LogP contribution in [0.4, 0.5) is 11.4 Å². The zero-order valence-electron chi connectivity index (χ0n) is 12.6. The molecule has 0 bridgehead atoms. The maximum absolute atomic E-state index is 12.8. The van der Waals surface area contributed by atoms with Crippen LogP contribution in [0.25, 0.3) is 0 Å². The van der Waals surface area contributed by atoms with Crippen LogP contribution < -0.4 is 10.2 Å². The fourth-order valence-corrected chi connectivity index (χ4v) is 3.08. The van der Waals surface area contributed by atoms with Crippen molar-refractivity contribution in [3.8, 4) is 0 Å². The zero-order valence-corrected chi connectivity index (χ0v) is 15.8. The molecule has 2 amide bonds. The van der Waals surface area contributed by atoms with Gasteiger partial charge in [-0.25, -0.2) is 0 Å². The lowest BCUT2D eigenvalue weighted by Gasteiger charge is -2.30. The molecule has 0 aliphatic carbocycles. The lowest BCUT2D eigenvalue weighted by molar-refractivity contribution is -0.130. The lowest BCUT2D eigenvalue weighted by atomic mass is 10.1. The molecule has 3 rings (SSSR count). The van der Waals surface area contributed by atoms with Crippen LogP contribution in [-0.4, -0.2) is 23.1 Å². The number of thiocarbonyl (C=S) groups is 1. The van der Waals surface area contributed by atoms with Crippen LogP contribution in [-0.2, 0) is 9.59 Å². The zero-order chi connectivity index (χ0) is 18.0. The van der Waals surface area contributed by atoms with E-state index in [1.165, 1.54) is 11.1 Å². The molecular formula is C17H11BrClN3O2S. The van der Waals surface area contributed by atoms with Crippen molar-refractivity contribution < 1.29 is 9.59 Å². The van der Waals surface area contributed by atoms with Gasteiger partial charge < -0.3 is 5.32 Å².